The Morgan fingerprint density at radius 2 is 1.81 bits per heavy atom. The van der Waals surface area contributed by atoms with E-state index in [-0.39, 0.29) is 27.8 Å². The molecule has 2 aliphatic rings. The lowest BCUT2D eigenvalue weighted by Crippen LogP contribution is -2.42. The molecular weight excluding hydrogens is 506 g/mol. The van der Waals surface area contributed by atoms with Crippen molar-refractivity contribution in [2.24, 2.45) is 11.1 Å². The standard InChI is InChI=1S/C25H18F6N2O4/c26-24(27,28)15-3-1-2-14(10-15)23(25(29,30)31)11-19(33-37-23)16-6-7-18(22(35)32-12-13-4-5-13)21-17(16)8-9-20(34)36-21/h1-3,6-10,13H,4-5,11-12H2,(H,32,35). The number of hydrogen-bond acceptors (Lipinski definition) is 5. The minimum atomic E-state index is -5.13. The van der Waals surface area contributed by atoms with Crippen LogP contribution in [0, 0.1) is 5.92 Å². The van der Waals surface area contributed by atoms with Gasteiger partial charge in [-0.05, 0) is 43.0 Å². The summed E-state index contributed by atoms with van der Waals surface area (Å²) < 4.78 is 87.8. The number of carbonyl (C=O) groups is 1. The molecule has 1 aromatic heterocycles. The minimum Gasteiger partial charge on any atom is -0.422 e. The van der Waals surface area contributed by atoms with Crippen molar-refractivity contribution in [3.8, 4) is 0 Å². The number of halogens is 6. The first-order chi connectivity index (χ1) is 17.4. The van der Waals surface area contributed by atoms with Crippen LogP contribution in [0.15, 0.2) is 62.9 Å². The second-order valence-electron chi connectivity index (χ2n) is 9.02. The van der Waals surface area contributed by atoms with E-state index in [0.717, 1.165) is 31.0 Å². The average molecular weight is 524 g/mol. The fourth-order valence-electron chi connectivity index (χ4n) is 4.24. The van der Waals surface area contributed by atoms with Crippen molar-refractivity contribution in [1.29, 1.82) is 0 Å². The van der Waals surface area contributed by atoms with Crippen LogP contribution < -0.4 is 10.9 Å². The lowest BCUT2D eigenvalue weighted by molar-refractivity contribution is -0.276. The first kappa shape index (κ1) is 24.8. The van der Waals surface area contributed by atoms with Crippen LogP contribution in [0.3, 0.4) is 0 Å². The molecule has 1 saturated carbocycles. The maximum absolute atomic E-state index is 14.3. The largest absolute Gasteiger partial charge is 0.435 e. The van der Waals surface area contributed by atoms with Crippen LogP contribution >= 0.6 is 0 Å². The highest BCUT2D eigenvalue weighted by Crippen LogP contribution is 2.50. The number of oxime groups is 1. The molecule has 6 nitrogen and oxygen atoms in total. The molecule has 1 atom stereocenters. The Labute approximate surface area is 204 Å². The molecule has 2 aromatic carbocycles. The zero-order valence-electron chi connectivity index (χ0n) is 18.9. The molecule has 1 fully saturated rings. The Kier molecular flexibility index (Phi) is 5.80. The molecule has 3 aromatic rings. The predicted molar refractivity (Wildman–Crippen MR) is 119 cm³/mol. The van der Waals surface area contributed by atoms with E-state index in [0.29, 0.717) is 24.6 Å². The number of rotatable bonds is 5. The maximum atomic E-state index is 14.3. The molecule has 1 aliphatic heterocycles. The van der Waals surface area contributed by atoms with Crippen LogP contribution in [-0.4, -0.2) is 24.3 Å². The third-order valence-corrected chi connectivity index (χ3v) is 6.43. The third kappa shape index (κ3) is 4.56. The fraction of sp³-hybridized carbons (Fsp3) is 0.320. The molecule has 0 spiro atoms. The average Bonchev–Trinajstić information content (AvgIpc) is 3.55. The third-order valence-electron chi connectivity index (χ3n) is 6.43. The molecule has 0 radical (unpaired) electrons. The Hall–Kier alpha value is -3.83. The van der Waals surface area contributed by atoms with Gasteiger partial charge >= 0.3 is 18.0 Å². The van der Waals surface area contributed by atoms with E-state index < -0.39 is 47.0 Å². The fourth-order valence-corrected chi connectivity index (χ4v) is 4.24. The van der Waals surface area contributed by atoms with Gasteiger partial charge in [-0.2, -0.15) is 26.3 Å². The molecular formula is C25H18F6N2O4. The topological polar surface area (TPSA) is 80.9 Å². The van der Waals surface area contributed by atoms with Crippen LogP contribution in [0.25, 0.3) is 11.0 Å². The molecule has 1 N–H and O–H groups in total. The van der Waals surface area contributed by atoms with Gasteiger partial charge in [0.1, 0.15) is 0 Å². The van der Waals surface area contributed by atoms with E-state index in [2.05, 4.69) is 10.5 Å². The van der Waals surface area contributed by atoms with Gasteiger partial charge < -0.3 is 14.6 Å². The number of alkyl halides is 6. The summed E-state index contributed by atoms with van der Waals surface area (Å²) in [6, 6.07) is 7.77. The van der Waals surface area contributed by atoms with E-state index in [9.17, 15) is 35.9 Å². The zero-order chi connectivity index (χ0) is 26.6. The Bertz CT molecular complexity index is 1470. The van der Waals surface area contributed by atoms with E-state index in [1.165, 1.54) is 18.2 Å². The molecule has 2 heterocycles. The summed E-state index contributed by atoms with van der Waals surface area (Å²) in [7, 11) is 0. The van der Waals surface area contributed by atoms with Crippen molar-refractivity contribution >= 4 is 22.6 Å². The van der Waals surface area contributed by atoms with Gasteiger partial charge in [-0.15, -0.1) is 0 Å². The number of amides is 1. The molecule has 1 unspecified atom stereocenters. The Balaban J connectivity index is 1.55. The second-order valence-corrected chi connectivity index (χ2v) is 9.02. The van der Waals surface area contributed by atoms with Gasteiger partial charge in [0, 0.05) is 35.5 Å². The van der Waals surface area contributed by atoms with Crippen LogP contribution in [-0.2, 0) is 16.6 Å². The first-order valence-electron chi connectivity index (χ1n) is 11.2. The van der Waals surface area contributed by atoms with Crippen LogP contribution in [0.4, 0.5) is 26.3 Å². The number of nitrogens with one attached hydrogen (secondary N) is 1. The van der Waals surface area contributed by atoms with Crippen molar-refractivity contribution in [2.75, 3.05) is 6.54 Å². The van der Waals surface area contributed by atoms with Gasteiger partial charge in [0.15, 0.2) is 5.58 Å². The van der Waals surface area contributed by atoms with Crippen LogP contribution in [0.5, 0.6) is 0 Å². The van der Waals surface area contributed by atoms with Crippen molar-refractivity contribution in [2.45, 2.75) is 37.2 Å². The lowest BCUT2D eigenvalue weighted by atomic mass is 9.85. The normalized spacial score (nSPS) is 20.0. The van der Waals surface area contributed by atoms with Crippen molar-refractivity contribution < 1.29 is 40.4 Å². The van der Waals surface area contributed by atoms with Gasteiger partial charge in [-0.1, -0.05) is 23.4 Å². The number of benzene rings is 2. The smallest absolute Gasteiger partial charge is 0.422 e. The molecule has 5 rings (SSSR count). The zero-order valence-corrected chi connectivity index (χ0v) is 18.9. The highest BCUT2D eigenvalue weighted by Gasteiger charge is 2.62. The Morgan fingerprint density at radius 1 is 1.05 bits per heavy atom. The molecule has 37 heavy (non-hydrogen) atoms. The molecule has 194 valence electrons. The van der Waals surface area contributed by atoms with Gasteiger partial charge in [0.2, 0.25) is 0 Å². The summed E-state index contributed by atoms with van der Waals surface area (Å²) in [6.45, 7) is 0.435. The monoisotopic (exact) mass is 524 g/mol. The minimum absolute atomic E-state index is 0.0107. The maximum Gasteiger partial charge on any atom is 0.435 e. The Morgan fingerprint density at radius 3 is 2.49 bits per heavy atom. The van der Waals surface area contributed by atoms with Crippen LogP contribution in [0.2, 0.25) is 0 Å². The number of carbonyl (C=O) groups excluding carboxylic acids is 1. The number of fused-ring (bicyclic) bond motifs is 1. The van der Waals surface area contributed by atoms with E-state index in [1.807, 2.05) is 0 Å². The number of nitrogens with zero attached hydrogens (tertiary/aromatic N) is 1. The molecule has 1 amide bonds. The quantitative estimate of drug-likeness (QED) is 0.352. The van der Waals surface area contributed by atoms with E-state index >= 15 is 0 Å². The summed E-state index contributed by atoms with van der Waals surface area (Å²) in [5.74, 6) is -0.145. The summed E-state index contributed by atoms with van der Waals surface area (Å²) >= 11 is 0. The van der Waals surface area contributed by atoms with Crippen molar-refractivity contribution in [3.63, 3.8) is 0 Å². The van der Waals surface area contributed by atoms with Gasteiger partial charge in [-0.25, -0.2) is 4.79 Å². The summed E-state index contributed by atoms with van der Waals surface area (Å²) in [5, 5.41) is 6.47. The predicted octanol–water partition coefficient (Wildman–Crippen LogP) is 5.53. The van der Waals surface area contributed by atoms with Gasteiger partial charge in [0.25, 0.3) is 11.5 Å². The molecule has 1 aliphatic carbocycles. The van der Waals surface area contributed by atoms with Gasteiger partial charge in [-0.3, -0.25) is 4.79 Å². The summed E-state index contributed by atoms with van der Waals surface area (Å²) in [6.07, 6.45) is -8.97. The first-order valence-corrected chi connectivity index (χ1v) is 11.2. The van der Waals surface area contributed by atoms with E-state index in [4.69, 9.17) is 9.25 Å². The molecule has 0 bridgehead atoms. The highest BCUT2D eigenvalue weighted by atomic mass is 19.4. The summed E-state index contributed by atoms with van der Waals surface area (Å²) in [4.78, 5) is 29.5. The molecule has 12 heteroatoms. The van der Waals surface area contributed by atoms with Crippen molar-refractivity contribution in [1.82, 2.24) is 5.32 Å². The SMILES string of the molecule is O=C(NCC1CC1)c1ccc(C2=NOC(c3cccc(C(F)(F)F)c3)(C(F)(F)F)C2)c2ccc(=O)oc12. The van der Waals surface area contributed by atoms with Crippen LogP contribution in [0.1, 0.15) is 46.3 Å². The highest BCUT2D eigenvalue weighted by molar-refractivity contribution is 6.15. The lowest BCUT2D eigenvalue weighted by Gasteiger charge is -2.30. The number of hydrogen-bond donors (Lipinski definition) is 1. The summed E-state index contributed by atoms with van der Waals surface area (Å²) in [5.41, 5.74) is -6.28. The second kappa shape index (κ2) is 8.63. The molecule has 0 saturated heterocycles. The van der Waals surface area contributed by atoms with E-state index in [1.54, 1.807) is 0 Å². The van der Waals surface area contributed by atoms with Gasteiger partial charge in [0.05, 0.1) is 16.8 Å². The van der Waals surface area contributed by atoms with Crippen molar-refractivity contribution in [3.05, 3.63) is 81.2 Å².